The maximum absolute atomic E-state index is 5.55. The van der Waals surface area contributed by atoms with Crippen molar-refractivity contribution in [2.75, 3.05) is 7.11 Å². The summed E-state index contributed by atoms with van der Waals surface area (Å²) >= 11 is 10.2. The molecule has 1 aromatic rings. The third-order valence-electron chi connectivity index (χ3n) is 2.14. The first-order chi connectivity index (χ1) is 6.48. The number of benzene rings is 1. The monoisotopic (exact) mass is 246 g/mol. The van der Waals surface area contributed by atoms with Crippen LogP contribution in [0.15, 0.2) is 24.3 Å². The van der Waals surface area contributed by atoms with Gasteiger partial charge in [0.05, 0.1) is 7.11 Å². The summed E-state index contributed by atoms with van der Waals surface area (Å²) in [6, 6.07) is 7.92. The lowest BCUT2D eigenvalue weighted by Gasteiger charge is -2.20. The van der Waals surface area contributed by atoms with Crippen LogP contribution in [0.25, 0.3) is 0 Å². The fraction of sp³-hybridized carbons (Fsp3) is 0.400. The quantitative estimate of drug-likeness (QED) is 0.648. The van der Waals surface area contributed by atoms with Crippen LogP contribution < -0.4 is 10.0 Å². The van der Waals surface area contributed by atoms with E-state index in [1.165, 1.54) is 0 Å². The summed E-state index contributed by atoms with van der Waals surface area (Å²) in [5, 5.41) is -0.516. The molecule has 0 saturated heterocycles. The smallest absolute Gasteiger partial charge is 0.118 e. The summed E-state index contributed by atoms with van der Waals surface area (Å²) in [4.78, 5) is 0. The number of hydrogen-bond acceptors (Lipinski definition) is 2. The summed E-state index contributed by atoms with van der Waals surface area (Å²) < 4.78 is 5.10. The topological polar surface area (TPSA) is 9.23 Å². The molecular formula is C10H15OPS2. The standard InChI is InChI=1S/C10H15OPS2/c1-8(2)12(13,14)10-6-4-9(11-3)5-7-10/h4-8H,1-3H3,(H,13,14). The lowest BCUT2D eigenvalue weighted by Crippen LogP contribution is -2.07. The van der Waals surface area contributed by atoms with Crippen LogP contribution in [0.2, 0.25) is 0 Å². The number of thiol groups is 1. The molecule has 0 heterocycles. The van der Waals surface area contributed by atoms with E-state index in [1.807, 2.05) is 24.3 Å². The minimum absolute atomic E-state index is 0.425. The summed E-state index contributed by atoms with van der Waals surface area (Å²) in [5.41, 5.74) is 0.425. The zero-order valence-corrected chi connectivity index (χ0v) is 11.2. The van der Waals surface area contributed by atoms with E-state index in [9.17, 15) is 0 Å². The van der Waals surface area contributed by atoms with Crippen LogP contribution in [0.4, 0.5) is 0 Å². The molecule has 0 aliphatic heterocycles. The molecule has 1 aromatic carbocycles. The van der Waals surface area contributed by atoms with Crippen molar-refractivity contribution >= 4 is 34.6 Å². The van der Waals surface area contributed by atoms with Crippen molar-refractivity contribution in [2.45, 2.75) is 19.5 Å². The molecule has 1 rings (SSSR count). The largest absolute Gasteiger partial charge is 0.497 e. The van der Waals surface area contributed by atoms with E-state index < -0.39 is 5.24 Å². The number of rotatable bonds is 3. The van der Waals surface area contributed by atoms with Crippen molar-refractivity contribution in [1.82, 2.24) is 0 Å². The van der Waals surface area contributed by atoms with Gasteiger partial charge < -0.3 is 4.74 Å². The van der Waals surface area contributed by atoms with Crippen LogP contribution in [-0.2, 0) is 11.8 Å². The van der Waals surface area contributed by atoms with Crippen LogP contribution in [0.1, 0.15) is 13.8 Å². The number of ether oxygens (including phenoxy) is 1. The normalized spacial score (nSPS) is 15.2. The van der Waals surface area contributed by atoms with E-state index >= 15 is 0 Å². The Balaban J connectivity index is 3.03. The Labute approximate surface area is 96.0 Å². The molecule has 0 bridgehead atoms. The molecule has 78 valence electrons. The molecule has 0 N–H and O–H groups in total. The highest BCUT2D eigenvalue weighted by atomic mass is 32.9. The summed E-state index contributed by atoms with van der Waals surface area (Å²) in [7, 11) is 1.66. The van der Waals surface area contributed by atoms with Crippen molar-refractivity contribution in [3.63, 3.8) is 0 Å². The third kappa shape index (κ3) is 2.53. The van der Waals surface area contributed by atoms with Gasteiger partial charge >= 0.3 is 0 Å². The van der Waals surface area contributed by atoms with Gasteiger partial charge in [0.25, 0.3) is 0 Å². The van der Waals surface area contributed by atoms with Crippen LogP contribution in [0, 0.1) is 0 Å². The minimum atomic E-state index is -1.67. The number of hydrogen-bond donors (Lipinski definition) is 1. The van der Waals surface area contributed by atoms with Gasteiger partial charge in [-0.3, -0.25) is 0 Å². The second-order valence-electron chi connectivity index (χ2n) is 3.41. The average molecular weight is 246 g/mol. The van der Waals surface area contributed by atoms with E-state index in [0.717, 1.165) is 11.1 Å². The summed E-state index contributed by atoms with van der Waals surface area (Å²) in [6.07, 6.45) is 0. The third-order valence-corrected chi connectivity index (χ3v) is 8.56. The van der Waals surface area contributed by atoms with Crippen molar-refractivity contribution in [3.8, 4) is 5.75 Å². The molecule has 0 saturated carbocycles. The van der Waals surface area contributed by atoms with Gasteiger partial charge in [-0.05, 0) is 35.2 Å². The molecular weight excluding hydrogens is 231 g/mol. The molecule has 0 spiro atoms. The van der Waals surface area contributed by atoms with Crippen molar-refractivity contribution in [1.29, 1.82) is 0 Å². The van der Waals surface area contributed by atoms with Crippen molar-refractivity contribution in [2.24, 2.45) is 0 Å². The van der Waals surface area contributed by atoms with Gasteiger partial charge in [0.1, 0.15) is 5.75 Å². The fourth-order valence-corrected chi connectivity index (χ4v) is 3.03. The first-order valence-electron chi connectivity index (χ1n) is 4.45. The maximum atomic E-state index is 5.55. The molecule has 0 fully saturated rings. The predicted molar refractivity (Wildman–Crippen MR) is 71.0 cm³/mol. The Hall–Kier alpha value is 0.0200. The van der Waals surface area contributed by atoms with Gasteiger partial charge in [-0.25, -0.2) is 0 Å². The van der Waals surface area contributed by atoms with Gasteiger partial charge in [-0.1, -0.05) is 25.7 Å². The molecule has 1 unspecified atom stereocenters. The van der Waals surface area contributed by atoms with Gasteiger partial charge in [0.15, 0.2) is 0 Å². The molecule has 4 heteroatoms. The zero-order chi connectivity index (χ0) is 10.8. The highest BCUT2D eigenvalue weighted by Gasteiger charge is 2.18. The van der Waals surface area contributed by atoms with Gasteiger partial charge in [0.2, 0.25) is 0 Å². The molecule has 0 aromatic heterocycles. The van der Waals surface area contributed by atoms with Crippen molar-refractivity contribution < 1.29 is 4.74 Å². The fourth-order valence-electron chi connectivity index (χ4n) is 1.09. The van der Waals surface area contributed by atoms with E-state index in [1.54, 1.807) is 7.11 Å². The predicted octanol–water partition coefficient (Wildman–Crippen LogP) is 3.05. The van der Waals surface area contributed by atoms with Crippen LogP contribution in [-0.4, -0.2) is 12.8 Å². The second-order valence-corrected chi connectivity index (χ2v) is 10.6. The lowest BCUT2D eigenvalue weighted by atomic mass is 10.3. The summed E-state index contributed by atoms with van der Waals surface area (Å²) in [6.45, 7) is 4.25. The first kappa shape index (κ1) is 12.1. The molecule has 1 nitrogen and oxygen atoms in total. The molecule has 0 amide bonds. The van der Waals surface area contributed by atoms with Crippen molar-refractivity contribution in [3.05, 3.63) is 24.3 Å². The minimum Gasteiger partial charge on any atom is -0.497 e. The van der Waals surface area contributed by atoms with E-state index in [-0.39, 0.29) is 0 Å². The average Bonchev–Trinajstić information content (AvgIpc) is 2.17. The van der Waals surface area contributed by atoms with E-state index in [2.05, 4.69) is 26.1 Å². The zero-order valence-electron chi connectivity index (χ0n) is 8.60. The highest BCUT2D eigenvalue weighted by Crippen LogP contribution is 2.54. The van der Waals surface area contributed by atoms with Gasteiger partial charge in [-0.15, -0.1) is 12.2 Å². The van der Waals surface area contributed by atoms with Crippen LogP contribution >= 0.6 is 17.5 Å². The second kappa shape index (κ2) is 4.69. The van der Waals surface area contributed by atoms with Crippen LogP contribution in [0.5, 0.6) is 5.75 Å². The molecule has 0 aliphatic rings. The Morgan fingerprint density at radius 1 is 1.29 bits per heavy atom. The van der Waals surface area contributed by atoms with E-state index in [0.29, 0.717) is 5.66 Å². The Morgan fingerprint density at radius 3 is 2.14 bits per heavy atom. The van der Waals surface area contributed by atoms with Crippen LogP contribution in [0.3, 0.4) is 0 Å². The Morgan fingerprint density at radius 2 is 1.79 bits per heavy atom. The Bertz CT molecular complexity index is 346. The number of methoxy groups -OCH3 is 1. The first-order valence-corrected chi connectivity index (χ1v) is 8.48. The molecule has 14 heavy (non-hydrogen) atoms. The maximum Gasteiger partial charge on any atom is 0.118 e. The summed E-state index contributed by atoms with van der Waals surface area (Å²) in [5.74, 6) is 0.862. The van der Waals surface area contributed by atoms with Gasteiger partial charge in [0, 0.05) is 5.24 Å². The molecule has 1 atom stereocenters. The Kier molecular flexibility index (Phi) is 4.05. The SMILES string of the molecule is COc1ccc(P(=S)(S)C(C)C)cc1. The van der Waals surface area contributed by atoms with Gasteiger partial charge in [-0.2, -0.15) is 0 Å². The highest BCUT2D eigenvalue weighted by molar-refractivity contribution is 8.66. The molecule has 0 radical (unpaired) electrons. The van der Waals surface area contributed by atoms with E-state index in [4.69, 9.17) is 16.5 Å². The lowest BCUT2D eigenvalue weighted by molar-refractivity contribution is 0.415. The molecule has 0 aliphatic carbocycles.